The molecule has 4 nitrogen and oxygen atoms in total. The topological polar surface area (TPSA) is 55.1 Å². The maximum absolute atomic E-state index is 11.7. The van der Waals surface area contributed by atoms with E-state index in [0.717, 1.165) is 12.0 Å². The Morgan fingerprint density at radius 1 is 1.37 bits per heavy atom. The first-order valence-electron chi connectivity index (χ1n) is 6.48. The zero-order chi connectivity index (χ0) is 13.7. The van der Waals surface area contributed by atoms with Crippen molar-refractivity contribution in [1.82, 2.24) is 10.3 Å². The number of nitrogens with one attached hydrogen (secondary N) is 1. The van der Waals surface area contributed by atoms with Crippen LogP contribution in [0.3, 0.4) is 0 Å². The highest BCUT2D eigenvalue weighted by Gasteiger charge is 2.11. The van der Waals surface area contributed by atoms with Gasteiger partial charge in [-0.25, -0.2) is 4.98 Å². The van der Waals surface area contributed by atoms with Gasteiger partial charge >= 0.3 is 0 Å². The van der Waals surface area contributed by atoms with E-state index in [1.54, 1.807) is 6.26 Å². The summed E-state index contributed by atoms with van der Waals surface area (Å²) in [5.74, 6) is 0.522. The number of hydrogen-bond donors (Lipinski definition) is 1. The molecule has 0 saturated heterocycles. The first-order valence-corrected chi connectivity index (χ1v) is 6.48. The lowest BCUT2D eigenvalue weighted by molar-refractivity contribution is -0.121. The molecule has 0 aliphatic rings. The monoisotopic (exact) mass is 258 g/mol. The smallest absolute Gasteiger partial charge is 0.226 e. The van der Waals surface area contributed by atoms with Crippen molar-refractivity contribution in [2.24, 2.45) is 0 Å². The molecule has 0 bridgehead atoms. The van der Waals surface area contributed by atoms with Gasteiger partial charge in [0.1, 0.15) is 6.26 Å². The maximum atomic E-state index is 11.7. The summed E-state index contributed by atoms with van der Waals surface area (Å²) < 4.78 is 5.39. The van der Waals surface area contributed by atoms with Crippen LogP contribution < -0.4 is 5.32 Å². The Bertz CT molecular complexity index is 534. The third kappa shape index (κ3) is 3.68. The summed E-state index contributed by atoms with van der Waals surface area (Å²) in [7, 11) is 0. The Kier molecular flexibility index (Phi) is 4.34. The molecule has 2 aromatic rings. The molecule has 1 aromatic carbocycles. The highest BCUT2D eigenvalue weighted by Crippen LogP contribution is 2.17. The number of hydrogen-bond acceptors (Lipinski definition) is 3. The molecule has 1 heterocycles. The minimum absolute atomic E-state index is 0.0257. The molecular formula is C15H18N2O2. The molecule has 1 unspecified atom stereocenters. The predicted molar refractivity (Wildman–Crippen MR) is 73.5 cm³/mol. The van der Waals surface area contributed by atoms with Gasteiger partial charge in [0.15, 0.2) is 0 Å². The fourth-order valence-corrected chi connectivity index (χ4v) is 1.69. The summed E-state index contributed by atoms with van der Waals surface area (Å²) >= 11 is 0. The number of oxazole rings is 1. The molecule has 1 N–H and O–H groups in total. The Hall–Kier alpha value is -2.10. The zero-order valence-electron chi connectivity index (χ0n) is 11.2. The molecule has 0 fully saturated rings. The van der Waals surface area contributed by atoms with Crippen molar-refractivity contribution >= 4 is 5.91 Å². The molecular weight excluding hydrogens is 240 g/mol. The second kappa shape index (κ2) is 6.18. The van der Waals surface area contributed by atoms with E-state index in [-0.39, 0.29) is 18.4 Å². The molecule has 0 aliphatic carbocycles. The van der Waals surface area contributed by atoms with Crippen LogP contribution in [0.5, 0.6) is 0 Å². The quantitative estimate of drug-likeness (QED) is 0.897. The van der Waals surface area contributed by atoms with Crippen molar-refractivity contribution in [3.05, 3.63) is 42.3 Å². The summed E-state index contributed by atoms with van der Waals surface area (Å²) in [5.41, 5.74) is 1.57. The van der Waals surface area contributed by atoms with E-state index in [0.29, 0.717) is 11.6 Å². The number of carbonyl (C=O) groups is 1. The van der Waals surface area contributed by atoms with E-state index < -0.39 is 0 Å². The first kappa shape index (κ1) is 13.3. The van der Waals surface area contributed by atoms with E-state index in [1.165, 1.54) is 0 Å². The van der Waals surface area contributed by atoms with Crippen molar-refractivity contribution < 1.29 is 9.21 Å². The molecule has 19 heavy (non-hydrogen) atoms. The van der Waals surface area contributed by atoms with Gasteiger partial charge in [0.05, 0.1) is 12.1 Å². The van der Waals surface area contributed by atoms with Gasteiger partial charge in [0.2, 0.25) is 11.8 Å². The molecule has 1 amide bonds. The van der Waals surface area contributed by atoms with Crippen molar-refractivity contribution in [3.8, 4) is 11.5 Å². The number of amides is 1. The fourth-order valence-electron chi connectivity index (χ4n) is 1.69. The van der Waals surface area contributed by atoms with Gasteiger partial charge in [0, 0.05) is 11.6 Å². The van der Waals surface area contributed by atoms with E-state index in [2.05, 4.69) is 10.3 Å². The predicted octanol–water partition coefficient (Wildman–Crippen LogP) is 2.80. The average molecular weight is 258 g/mol. The molecule has 0 spiro atoms. The summed E-state index contributed by atoms with van der Waals surface area (Å²) in [4.78, 5) is 16.1. The van der Waals surface area contributed by atoms with Crippen LogP contribution >= 0.6 is 0 Å². The van der Waals surface area contributed by atoms with E-state index in [4.69, 9.17) is 4.42 Å². The molecule has 100 valence electrons. The third-order valence-electron chi connectivity index (χ3n) is 2.93. The Labute approximate surface area is 112 Å². The number of rotatable bonds is 5. The van der Waals surface area contributed by atoms with Crippen LogP contribution in [0.4, 0.5) is 0 Å². The molecule has 0 radical (unpaired) electrons. The Balaban J connectivity index is 2.00. The lowest BCUT2D eigenvalue weighted by atomic mass is 10.2. The van der Waals surface area contributed by atoms with E-state index in [9.17, 15) is 4.79 Å². The van der Waals surface area contributed by atoms with Gasteiger partial charge in [-0.1, -0.05) is 25.1 Å². The van der Waals surface area contributed by atoms with Gasteiger partial charge in [0.25, 0.3) is 0 Å². The van der Waals surface area contributed by atoms with Gasteiger partial charge in [-0.2, -0.15) is 0 Å². The van der Waals surface area contributed by atoms with Crippen molar-refractivity contribution in [1.29, 1.82) is 0 Å². The highest BCUT2D eigenvalue weighted by molar-refractivity contribution is 5.78. The van der Waals surface area contributed by atoms with E-state index in [1.807, 2.05) is 44.2 Å². The maximum Gasteiger partial charge on any atom is 0.226 e. The van der Waals surface area contributed by atoms with Crippen LogP contribution in [0.1, 0.15) is 26.0 Å². The standard InChI is InChI=1S/C15H18N2O2/c1-3-11(2)16-14(18)9-13-10-19-15(17-13)12-7-5-4-6-8-12/h4-8,10-11H,3,9H2,1-2H3,(H,16,18). The minimum Gasteiger partial charge on any atom is -0.444 e. The SMILES string of the molecule is CCC(C)NC(=O)Cc1coc(-c2ccccc2)n1. The lowest BCUT2D eigenvalue weighted by Crippen LogP contribution is -2.33. The van der Waals surface area contributed by atoms with Crippen LogP contribution in [0.25, 0.3) is 11.5 Å². The van der Waals surface area contributed by atoms with Gasteiger partial charge in [-0.3, -0.25) is 4.79 Å². The molecule has 1 aromatic heterocycles. The largest absolute Gasteiger partial charge is 0.444 e. The molecule has 2 rings (SSSR count). The van der Waals surface area contributed by atoms with Crippen molar-refractivity contribution in [3.63, 3.8) is 0 Å². The molecule has 0 saturated carbocycles. The molecule has 0 aliphatic heterocycles. The van der Waals surface area contributed by atoms with Gasteiger partial charge in [-0.15, -0.1) is 0 Å². The normalized spacial score (nSPS) is 12.1. The fraction of sp³-hybridized carbons (Fsp3) is 0.333. The van der Waals surface area contributed by atoms with Gasteiger partial charge in [-0.05, 0) is 25.5 Å². The Morgan fingerprint density at radius 3 is 2.79 bits per heavy atom. The minimum atomic E-state index is -0.0257. The number of benzene rings is 1. The van der Waals surface area contributed by atoms with Crippen molar-refractivity contribution in [2.75, 3.05) is 0 Å². The molecule has 1 atom stereocenters. The summed E-state index contributed by atoms with van der Waals surface area (Å²) in [6.45, 7) is 4.02. The van der Waals surface area contributed by atoms with Crippen LogP contribution in [0, 0.1) is 0 Å². The second-order valence-electron chi connectivity index (χ2n) is 4.56. The number of nitrogens with zero attached hydrogens (tertiary/aromatic N) is 1. The van der Waals surface area contributed by atoms with Crippen LogP contribution in [-0.4, -0.2) is 16.9 Å². The van der Waals surface area contributed by atoms with E-state index >= 15 is 0 Å². The first-order chi connectivity index (χ1) is 9.19. The average Bonchev–Trinajstić information content (AvgIpc) is 2.88. The lowest BCUT2D eigenvalue weighted by Gasteiger charge is -2.09. The van der Waals surface area contributed by atoms with Gasteiger partial charge < -0.3 is 9.73 Å². The third-order valence-corrected chi connectivity index (χ3v) is 2.93. The van der Waals surface area contributed by atoms with Crippen LogP contribution in [0.15, 0.2) is 41.0 Å². The van der Waals surface area contributed by atoms with Crippen LogP contribution in [0.2, 0.25) is 0 Å². The van der Waals surface area contributed by atoms with Crippen molar-refractivity contribution in [2.45, 2.75) is 32.7 Å². The number of aromatic nitrogens is 1. The highest BCUT2D eigenvalue weighted by atomic mass is 16.3. The summed E-state index contributed by atoms with van der Waals surface area (Å²) in [6.07, 6.45) is 2.71. The zero-order valence-corrected chi connectivity index (χ0v) is 11.2. The molecule has 4 heteroatoms. The summed E-state index contributed by atoms with van der Waals surface area (Å²) in [5, 5.41) is 2.91. The number of carbonyl (C=O) groups excluding carboxylic acids is 1. The van der Waals surface area contributed by atoms with Crippen LogP contribution in [-0.2, 0) is 11.2 Å². The second-order valence-corrected chi connectivity index (χ2v) is 4.56. The Morgan fingerprint density at radius 2 is 2.11 bits per heavy atom. The summed E-state index contributed by atoms with van der Waals surface area (Å²) in [6, 6.07) is 9.83.